The zero-order valence-corrected chi connectivity index (χ0v) is 21.0. The van der Waals surface area contributed by atoms with Gasteiger partial charge in [-0.3, -0.25) is 9.59 Å². The Hall–Kier alpha value is -1.36. The average molecular weight is 471 g/mol. The fourth-order valence-corrected chi connectivity index (χ4v) is 3.56. The fraction of sp³-hybridized carbons (Fsp3) is 0.833. The third-order valence-corrected chi connectivity index (χ3v) is 5.29. The first-order chi connectivity index (χ1) is 15.8. The maximum atomic E-state index is 11.9. The molecule has 192 valence electrons. The zero-order valence-electron chi connectivity index (χ0n) is 21.0. The van der Waals surface area contributed by atoms with Gasteiger partial charge in [-0.05, 0) is 57.3 Å². The molecule has 0 amide bonds. The van der Waals surface area contributed by atoms with Crippen LogP contribution in [0.25, 0.3) is 0 Å². The van der Waals surface area contributed by atoms with Crippen LogP contribution in [0.5, 0.6) is 0 Å². The molecule has 0 radical (unpaired) electrons. The molecule has 0 spiro atoms. The van der Waals surface area contributed by atoms with Crippen LogP contribution in [-0.4, -0.2) is 83.8 Å². The maximum Gasteiger partial charge on any atom is 0.249 e. The summed E-state index contributed by atoms with van der Waals surface area (Å²) in [6.07, 6.45) is 3.64. The predicted octanol–water partition coefficient (Wildman–Crippen LogP) is 0.822. The van der Waals surface area contributed by atoms with Gasteiger partial charge in [0.25, 0.3) is 0 Å². The third-order valence-electron chi connectivity index (χ3n) is 5.29. The van der Waals surface area contributed by atoms with E-state index >= 15 is 0 Å². The molecule has 9 nitrogen and oxygen atoms in total. The Morgan fingerprint density at radius 3 is 1.82 bits per heavy atom. The second kappa shape index (κ2) is 17.1. The monoisotopic (exact) mass is 470 g/mol. The molecule has 0 unspecified atom stereocenters. The molecule has 1 aromatic carbocycles. The van der Waals surface area contributed by atoms with Crippen molar-refractivity contribution in [3.8, 4) is 0 Å². The molecule has 0 atom stereocenters. The van der Waals surface area contributed by atoms with Crippen LogP contribution in [0.1, 0.15) is 52.0 Å². The van der Waals surface area contributed by atoms with Gasteiger partial charge >= 0.3 is 0 Å². The molecule has 0 aliphatic carbocycles. The second-order valence-electron chi connectivity index (χ2n) is 9.26. The fourth-order valence-electron chi connectivity index (χ4n) is 3.56. The van der Waals surface area contributed by atoms with E-state index in [1.54, 1.807) is 0 Å². The van der Waals surface area contributed by atoms with Crippen molar-refractivity contribution >= 4 is 5.69 Å². The smallest absolute Gasteiger partial charge is 0.249 e. The van der Waals surface area contributed by atoms with Gasteiger partial charge in [-0.1, -0.05) is 20.8 Å². The van der Waals surface area contributed by atoms with Crippen molar-refractivity contribution in [2.75, 3.05) is 84.2 Å². The molecule has 0 saturated heterocycles. The minimum atomic E-state index is -0.389. The van der Waals surface area contributed by atoms with Crippen molar-refractivity contribution in [3.63, 3.8) is 0 Å². The van der Waals surface area contributed by atoms with Gasteiger partial charge in [0.2, 0.25) is 10.9 Å². The zero-order chi connectivity index (χ0) is 24.5. The Balaban J connectivity index is 2.16. The highest BCUT2D eigenvalue weighted by Gasteiger charge is 2.29. The van der Waals surface area contributed by atoms with Crippen LogP contribution < -0.4 is 27.6 Å². The van der Waals surface area contributed by atoms with Crippen LogP contribution in [-0.2, 0) is 19.6 Å². The molecule has 0 heterocycles. The molecule has 1 aromatic rings. The molecule has 9 heteroatoms. The van der Waals surface area contributed by atoms with Gasteiger partial charge in [-0.2, -0.15) is 0 Å². The van der Waals surface area contributed by atoms with Crippen molar-refractivity contribution in [3.05, 3.63) is 26.0 Å². The van der Waals surface area contributed by atoms with E-state index in [2.05, 4.69) is 10.2 Å². The first kappa shape index (κ1) is 29.7. The summed E-state index contributed by atoms with van der Waals surface area (Å²) in [6.45, 7) is 14.3. The minimum absolute atomic E-state index is 0.316. The van der Waals surface area contributed by atoms with Gasteiger partial charge in [0.1, 0.15) is 0 Å². The molecular weight excluding hydrogens is 424 g/mol. The summed E-state index contributed by atoms with van der Waals surface area (Å²) in [5.74, 6) is 0. The van der Waals surface area contributed by atoms with Crippen LogP contribution >= 0.6 is 0 Å². The highest BCUT2D eigenvalue weighted by Crippen LogP contribution is 2.25. The number of nitrogens with one attached hydrogen (secondary N) is 1. The molecule has 0 aliphatic rings. The molecule has 5 N–H and O–H groups in total. The predicted molar refractivity (Wildman–Crippen MR) is 134 cm³/mol. The van der Waals surface area contributed by atoms with E-state index in [0.717, 1.165) is 45.3 Å². The van der Waals surface area contributed by atoms with E-state index in [1.165, 1.54) is 0 Å². The third kappa shape index (κ3) is 12.1. The Morgan fingerprint density at radius 2 is 1.24 bits per heavy atom. The number of hydrogen-bond donors (Lipinski definition) is 3. The number of rotatable bonds is 21. The molecule has 0 fully saturated rings. The van der Waals surface area contributed by atoms with Gasteiger partial charge in [-0.25, -0.2) is 0 Å². The van der Waals surface area contributed by atoms with Crippen molar-refractivity contribution in [1.82, 2.24) is 4.90 Å². The Kier molecular flexibility index (Phi) is 15.4. The van der Waals surface area contributed by atoms with Crippen LogP contribution in [0.4, 0.5) is 5.69 Å². The number of hydrogen-bond acceptors (Lipinski definition) is 9. The standard InChI is InChI=1S/C24H46N4O5/c1-24(2,3)20-21(23(30)22(20)29)27-10-6-12-28(11-4-8-25)13-7-15-32-17-19-33-18-16-31-14-5-9-26/h27H,4-19,25-26H2,1-3H3. The second-order valence-corrected chi connectivity index (χ2v) is 9.26. The lowest BCUT2D eigenvalue weighted by Gasteiger charge is -2.25. The summed E-state index contributed by atoms with van der Waals surface area (Å²) in [4.78, 5) is 26.1. The van der Waals surface area contributed by atoms with Crippen molar-refractivity contribution in [2.45, 2.75) is 51.9 Å². The minimum Gasteiger partial charge on any atom is -0.381 e. The summed E-state index contributed by atoms with van der Waals surface area (Å²) < 4.78 is 16.5. The Bertz CT molecular complexity index is 698. The molecule has 0 bridgehead atoms. The maximum absolute atomic E-state index is 11.9. The lowest BCUT2D eigenvalue weighted by atomic mass is 9.82. The highest BCUT2D eigenvalue weighted by molar-refractivity contribution is 5.59. The van der Waals surface area contributed by atoms with Gasteiger partial charge in [0, 0.05) is 31.9 Å². The number of ether oxygens (including phenoxy) is 3. The van der Waals surface area contributed by atoms with Gasteiger partial charge in [0.05, 0.1) is 32.1 Å². The molecule has 0 aliphatic heterocycles. The Morgan fingerprint density at radius 1 is 0.727 bits per heavy atom. The number of anilines is 1. The molecule has 33 heavy (non-hydrogen) atoms. The molecule has 0 saturated carbocycles. The van der Waals surface area contributed by atoms with Crippen LogP contribution in [0.15, 0.2) is 9.59 Å². The number of nitrogens with zero attached hydrogens (tertiary/aromatic N) is 1. The Labute approximate surface area is 198 Å². The van der Waals surface area contributed by atoms with Crippen molar-refractivity contribution < 1.29 is 14.2 Å². The van der Waals surface area contributed by atoms with E-state index in [1.807, 2.05) is 20.8 Å². The topological polar surface area (TPSA) is 129 Å². The lowest BCUT2D eigenvalue weighted by Crippen LogP contribution is -2.43. The summed E-state index contributed by atoms with van der Waals surface area (Å²) >= 11 is 0. The van der Waals surface area contributed by atoms with Crippen molar-refractivity contribution in [2.24, 2.45) is 11.5 Å². The first-order valence-corrected chi connectivity index (χ1v) is 12.3. The summed E-state index contributed by atoms with van der Waals surface area (Å²) in [5, 5.41) is 3.19. The SMILES string of the molecule is CC(C)(C)c1c(NCCCN(CCCN)CCCOCCOCCOCCCN)c(=O)c1=O. The van der Waals surface area contributed by atoms with Crippen LogP contribution in [0, 0.1) is 0 Å². The average Bonchev–Trinajstić information content (AvgIpc) is 2.77. The normalized spacial score (nSPS) is 12.2. The highest BCUT2D eigenvalue weighted by atomic mass is 16.5. The summed E-state index contributed by atoms with van der Waals surface area (Å²) in [7, 11) is 0. The molecular formula is C24H46N4O5. The van der Waals surface area contributed by atoms with Crippen LogP contribution in [0.3, 0.4) is 0 Å². The van der Waals surface area contributed by atoms with E-state index < -0.39 is 0 Å². The van der Waals surface area contributed by atoms with Gasteiger partial charge < -0.3 is 35.9 Å². The number of nitrogens with two attached hydrogens (primary N) is 2. The van der Waals surface area contributed by atoms with Gasteiger partial charge in [-0.15, -0.1) is 0 Å². The summed E-state index contributed by atoms with van der Waals surface area (Å²) in [6, 6.07) is 0. The van der Waals surface area contributed by atoms with E-state index in [0.29, 0.717) is 70.5 Å². The molecule has 1 rings (SSSR count). The van der Waals surface area contributed by atoms with E-state index in [-0.39, 0.29) is 16.3 Å². The summed E-state index contributed by atoms with van der Waals surface area (Å²) in [5.41, 5.74) is 11.1. The lowest BCUT2D eigenvalue weighted by molar-refractivity contribution is 0.0129. The van der Waals surface area contributed by atoms with Gasteiger partial charge in [0.15, 0.2) is 0 Å². The largest absolute Gasteiger partial charge is 0.381 e. The first-order valence-electron chi connectivity index (χ1n) is 12.3. The van der Waals surface area contributed by atoms with Crippen LogP contribution in [0.2, 0.25) is 0 Å². The van der Waals surface area contributed by atoms with Crippen molar-refractivity contribution in [1.29, 1.82) is 0 Å². The van der Waals surface area contributed by atoms with E-state index in [9.17, 15) is 9.59 Å². The quantitative estimate of drug-likeness (QED) is 0.177. The van der Waals surface area contributed by atoms with E-state index in [4.69, 9.17) is 25.7 Å². The molecule has 0 aromatic heterocycles.